The van der Waals surface area contributed by atoms with E-state index in [-0.39, 0.29) is 5.78 Å². The summed E-state index contributed by atoms with van der Waals surface area (Å²) >= 11 is 6.12. The van der Waals surface area contributed by atoms with Gasteiger partial charge in [0, 0.05) is 12.1 Å². The van der Waals surface area contributed by atoms with Gasteiger partial charge in [-0.3, -0.25) is 9.48 Å². The van der Waals surface area contributed by atoms with Gasteiger partial charge >= 0.3 is 0 Å². The average molecular weight is 285 g/mol. The summed E-state index contributed by atoms with van der Waals surface area (Å²) in [5, 5.41) is 6.49. The van der Waals surface area contributed by atoms with Crippen LogP contribution in [0.4, 0.5) is 0 Å². The Kier molecular flexibility index (Phi) is 3.28. The van der Waals surface area contributed by atoms with E-state index in [0.717, 1.165) is 10.8 Å². The Morgan fingerprint density at radius 1 is 1.20 bits per heavy atom. The van der Waals surface area contributed by atoms with Crippen molar-refractivity contribution in [2.45, 2.75) is 13.5 Å². The van der Waals surface area contributed by atoms with E-state index in [9.17, 15) is 4.79 Å². The SMILES string of the molecule is CCn1ncc(Cl)c1C(=O)c1cccc2ccccc12. The van der Waals surface area contributed by atoms with E-state index in [1.807, 2.05) is 49.4 Å². The fourth-order valence-corrected chi connectivity index (χ4v) is 2.61. The molecule has 3 rings (SSSR count). The molecule has 0 fully saturated rings. The third-order valence-electron chi connectivity index (χ3n) is 3.34. The van der Waals surface area contributed by atoms with Crippen molar-refractivity contribution in [2.75, 3.05) is 0 Å². The van der Waals surface area contributed by atoms with Crippen LogP contribution in [0, 0.1) is 0 Å². The van der Waals surface area contributed by atoms with Crippen LogP contribution >= 0.6 is 11.6 Å². The number of halogens is 1. The number of ketones is 1. The van der Waals surface area contributed by atoms with E-state index in [4.69, 9.17) is 11.6 Å². The van der Waals surface area contributed by atoms with Gasteiger partial charge in [-0.05, 0) is 17.7 Å². The van der Waals surface area contributed by atoms with E-state index in [1.165, 1.54) is 6.20 Å². The maximum atomic E-state index is 12.8. The molecule has 3 nitrogen and oxygen atoms in total. The second-order valence-electron chi connectivity index (χ2n) is 4.51. The van der Waals surface area contributed by atoms with Crippen LogP contribution in [0.2, 0.25) is 5.02 Å². The highest BCUT2D eigenvalue weighted by atomic mass is 35.5. The van der Waals surface area contributed by atoms with Gasteiger partial charge in [0.15, 0.2) is 0 Å². The summed E-state index contributed by atoms with van der Waals surface area (Å²) in [7, 11) is 0. The molecule has 0 saturated carbocycles. The van der Waals surface area contributed by atoms with Crippen molar-refractivity contribution in [1.29, 1.82) is 0 Å². The lowest BCUT2D eigenvalue weighted by atomic mass is 10.00. The quantitative estimate of drug-likeness (QED) is 0.683. The van der Waals surface area contributed by atoms with Crippen LogP contribution in [-0.4, -0.2) is 15.6 Å². The molecular weight excluding hydrogens is 272 g/mol. The first-order valence-electron chi connectivity index (χ1n) is 6.46. The number of nitrogens with zero attached hydrogens (tertiary/aromatic N) is 2. The second kappa shape index (κ2) is 5.10. The standard InChI is InChI=1S/C16H13ClN2O/c1-2-19-15(14(17)10-18-19)16(20)13-9-5-7-11-6-3-4-8-12(11)13/h3-10H,2H2,1H3. The number of aromatic nitrogens is 2. The number of hydrogen-bond donors (Lipinski definition) is 0. The molecule has 20 heavy (non-hydrogen) atoms. The number of hydrogen-bond acceptors (Lipinski definition) is 2. The molecule has 3 aromatic rings. The third kappa shape index (κ3) is 2.00. The van der Waals surface area contributed by atoms with Crippen LogP contribution in [0.3, 0.4) is 0 Å². The summed E-state index contributed by atoms with van der Waals surface area (Å²) < 4.78 is 1.63. The predicted molar refractivity (Wildman–Crippen MR) is 80.3 cm³/mol. The predicted octanol–water partition coefficient (Wildman–Crippen LogP) is 3.94. The van der Waals surface area contributed by atoms with Gasteiger partial charge in [0.05, 0.1) is 11.2 Å². The highest BCUT2D eigenvalue weighted by Gasteiger charge is 2.20. The highest BCUT2D eigenvalue weighted by Crippen LogP contribution is 2.24. The third-order valence-corrected chi connectivity index (χ3v) is 3.62. The van der Waals surface area contributed by atoms with E-state index in [0.29, 0.717) is 22.8 Å². The van der Waals surface area contributed by atoms with Crippen molar-refractivity contribution < 1.29 is 4.79 Å². The minimum atomic E-state index is -0.0915. The molecule has 0 bridgehead atoms. The maximum absolute atomic E-state index is 12.8. The molecule has 1 heterocycles. The molecule has 0 spiro atoms. The number of carbonyl (C=O) groups excluding carboxylic acids is 1. The first kappa shape index (κ1) is 12.9. The number of fused-ring (bicyclic) bond motifs is 1. The second-order valence-corrected chi connectivity index (χ2v) is 4.92. The summed E-state index contributed by atoms with van der Waals surface area (Å²) in [5.41, 5.74) is 1.10. The molecule has 0 radical (unpaired) electrons. The number of carbonyl (C=O) groups is 1. The molecule has 1 aromatic heterocycles. The molecular formula is C16H13ClN2O. The summed E-state index contributed by atoms with van der Waals surface area (Å²) in [5.74, 6) is -0.0915. The number of benzene rings is 2. The Morgan fingerprint density at radius 3 is 2.75 bits per heavy atom. The van der Waals surface area contributed by atoms with Gasteiger partial charge in [-0.2, -0.15) is 5.10 Å². The molecule has 4 heteroatoms. The van der Waals surface area contributed by atoms with Crippen LogP contribution in [-0.2, 0) is 6.54 Å². The lowest BCUT2D eigenvalue weighted by Gasteiger charge is -2.07. The fraction of sp³-hybridized carbons (Fsp3) is 0.125. The first-order chi connectivity index (χ1) is 9.72. The minimum absolute atomic E-state index is 0.0915. The van der Waals surface area contributed by atoms with Gasteiger partial charge < -0.3 is 0 Å². The van der Waals surface area contributed by atoms with E-state index < -0.39 is 0 Å². The Bertz CT molecular complexity index is 787. The molecule has 0 saturated heterocycles. The molecule has 100 valence electrons. The van der Waals surface area contributed by atoms with E-state index >= 15 is 0 Å². The Hall–Kier alpha value is -2.13. The Balaban J connectivity index is 2.20. The molecule has 2 aromatic carbocycles. The summed E-state index contributed by atoms with van der Waals surface area (Å²) in [4.78, 5) is 12.8. The summed E-state index contributed by atoms with van der Waals surface area (Å²) in [6.07, 6.45) is 1.52. The van der Waals surface area contributed by atoms with Crippen molar-refractivity contribution >= 4 is 28.2 Å². The Morgan fingerprint density at radius 2 is 1.95 bits per heavy atom. The van der Waals surface area contributed by atoms with Crippen molar-refractivity contribution in [3.8, 4) is 0 Å². The van der Waals surface area contributed by atoms with Crippen LogP contribution in [0.1, 0.15) is 23.0 Å². The lowest BCUT2D eigenvalue weighted by molar-refractivity contribution is 0.103. The molecule has 0 aliphatic rings. The monoisotopic (exact) mass is 284 g/mol. The molecule has 0 aliphatic carbocycles. The average Bonchev–Trinajstić information content (AvgIpc) is 2.87. The van der Waals surface area contributed by atoms with Crippen LogP contribution in [0.15, 0.2) is 48.7 Å². The molecule has 0 unspecified atom stereocenters. The molecule has 0 aliphatic heterocycles. The van der Waals surface area contributed by atoms with Gasteiger partial charge in [-0.25, -0.2) is 0 Å². The zero-order valence-corrected chi connectivity index (χ0v) is 11.8. The van der Waals surface area contributed by atoms with Crippen molar-refractivity contribution in [3.63, 3.8) is 0 Å². The summed E-state index contributed by atoms with van der Waals surface area (Å²) in [6.45, 7) is 2.54. The number of rotatable bonds is 3. The van der Waals surface area contributed by atoms with Crippen molar-refractivity contribution in [1.82, 2.24) is 9.78 Å². The largest absolute Gasteiger partial charge is 0.287 e. The van der Waals surface area contributed by atoms with Crippen molar-refractivity contribution in [3.05, 3.63) is 64.9 Å². The minimum Gasteiger partial charge on any atom is -0.287 e. The van der Waals surface area contributed by atoms with E-state index in [1.54, 1.807) is 4.68 Å². The van der Waals surface area contributed by atoms with Gasteiger partial charge in [0.25, 0.3) is 0 Å². The molecule has 0 atom stereocenters. The topological polar surface area (TPSA) is 34.9 Å². The smallest absolute Gasteiger partial charge is 0.213 e. The van der Waals surface area contributed by atoms with Crippen LogP contribution < -0.4 is 0 Å². The summed E-state index contributed by atoms with van der Waals surface area (Å²) in [6, 6.07) is 13.5. The molecule has 0 amide bonds. The normalized spacial score (nSPS) is 10.9. The van der Waals surface area contributed by atoms with Gasteiger partial charge in [0.1, 0.15) is 5.69 Å². The van der Waals surface area contributed by atoms with Gasteiger partial charge in [-0.15, -0.1) is 0 Å². The fourth-order valence-electron chi connectivity index (χ4n) is 2.38. The van der Waals surface area contributed by atoms with E-state index in [2.05, 4.69) is 5.10 Å². The Labute approximate surface area is 121 Å². The molecule has 0 N–H and O–H groups in total. The zero-order chi connectivity index (χ0) is 14.1. The first-order valence-corrected chi connectivity index (χ1v) is 6.84. The zero-order valence-electron chi connectivity index (χ0n) is 11.0. The van der Waals surface area contributed by atoms with Gasteiger partial charge in [0.2, 0.25) is 5.78 Å². The highest BCUT2D eigenvalue weighted by molar-refractivity contribution is 6.35. The number of aryl methyl sites for hydroxylation is 1. The van der Waals surface area contributed by atoms with Gasteiger partial charge in [-0.1, -0.05) is 54.1 Å². The van der Waals surface area contributed by atoms with Crippen molar-refractivity contribution in [2.24, 2.45) is 0 Å². The van der Waals surface area contributed by atoms with Crippen LogP contribution in [0.5, 0.6) is 0 Å². The maximum Gasteiger partial charge on any atom is 0.213 e. The van der Waals surface area contributed by atoms with Crippen LogP contribution in [0.25, 0.3) is 10.8 Å². The lowest BCUT2D eigenvalue weighted by Crippen LogP contribution is -2.11.